The van der Waals surface area contributed by atoms with E-state index in [1.54, 1.807) is 24.3 Å². The number of hydrogen-bond donors (Lipinski definition) is 1. The van der Waals surface area contributed by atoms with E-state index in [1.807, 2.05) is 0 Å². The highest BCUT2D eigenvalue weighted by Gasteiger charge is 2.26. The fourth-order valence-electron chi connectivity index (χ4n) is 3.11. The van der Waals surface area contributed by atoms with Gasteiger partial charge < -0.3 is 5.73 Å². The van der Waals surface area contributed by atoms with Gasteiger partial charge in [0.25, 0.3) is 0 Å². The average molecular weight is 414 g/mol. The van der Waals surface area contributed by atoms with Crippen LogP contribution in [0.1, 0.15) is 0 Å². The molecule has 0 unspecified atom stereocenters. The predicted octanol–water partition coefficient (Wildman–Crippen LogP) is 4.73. The molecule has 3 aromatic carbocycles. The van der Waals surface area contributed by atoms with Gasteiger partial charge in [-0.1, -0.05) is 18.2 Å². The molecule has 0 aliphatic heterocycles. The summed E-state index contributed by atoms with van der Waals surface area (Å²) in [5, 5.41) is 0.424. The van der Waals surface area contributed by atoms with E-state index < -0.39 is 32.2 Å². The molecule has 0 aliphatic rings. The molecule has 0 saturated carbocycles. The Kier molecular flexibility index (Phi) is 4.50. The highest BCUT2D eigenvalue weighted by molar-refractivity contribution is 7.91. The number of aromatic nitrogens is 1. The first-order valence-corrected chi connectivity index (χ1v) is 9.90. The van der Waals surface area contributed by atoms with E-state index in [-0.39, 0.29) is 10.5 Å². The summed E-state index contributed by atoms with van der Waals surface area (Å²) in [6.07, 6.45) is 1.11. The minimum absolute atomic E-state index is 0.194. The molecule has 0 aliphatic carbocycles. The van der Waals surface area contributed by atoms with Crippen molar-refractivity contribution in [3.63, 3.8) is 0 Å². The fraction of sp³-hybridized carbons (Fsp3) is 0. The van der Waals surface area contributed by atoms with Crippen molar-refractivity contribution in [2.24, 2.45) is 0 Å². The molecular formula is C21H13F3N2O2S. The van der Waals surface area contributed by atoms with Gasteiger partial charge in [-0.15, -0.1) is 0 Å². The van der Waals surface area contributed by atoms with Crippen molar-refractivity contribution in [1.82, 2.24) is 4.98 Å². The molecule has 1 heterocycles. The lowest BCUT2D eigenvalue weighted by Crippen LogP contribution is -2.07. The van der Waals surface area contributed by atoms with Crippen LogP contribution in [0.3, 0.4) is 0 Å². The zero-order valence-electron chi connectivity index (χ0n) is 14.7. The smallest absolute Gasteiger partial charge is 0.208 e. The van der Waals surface area contributed by atoms with Crippen molar-refractivity contribution >= 4 is 26.4 Å². The van der Waals surface area contributed by atoms with Gasteiger partial charge in [0, 0.05) is 22.8 Å². The third-order valence-corrected chi connectivity index (χ3v) is 6.23. The lowest BCUT2D eigenvalue weighted by atomic mass is 10.0. The molecular weight excluding hydrogens is 401 g/mol. The Labute approximate surface area is 164 Å². The normalized spacial score (nSPS) is 11.7. The number of sulfone groups is 1. The van der Waals surface area contributed by atoms with Crippen LogP contribution >= 0.6 is 0 Å². The summed E-state index contributed by atoms with van der Waals surface area (Å²) in [5.41, 5.74) is 7.11. The zero-order chi connectivity index (χ0) is 20.8. The highest BCUT2D eigenvalue weighted by atomic mass is 32.2. The number of hydrogen-bond acceptors (Lipinski definition) is 4. The van der Waals surface area contributed by atoms with E-state index >= 15 is 0 Å². The standard InChI is InChI=1S/C21H13F3N2O2S/c22-13-3-1-2-12(8-13)21-16-6-4-14(25)9-19(16)26-11-20(21)29(27,28)15-5-7-17(23)18(24)10-15/h1-11H,25H2. The first-order chi connectivity index (χ1) is 13.8. The third-order valence-electron chi connectivity index (χ3n) is 4.46. The number of benzene rings is 3. The van der Waals surface area contributed by atoms with E-state index in [0.29, 0.717) is 28.2 Å². The summed E-state index contributed by atoms with van der Waals surface area (Å²) >= 11 is 0. The topological polar surface area (TPSA) is 73.1 Å². The minimum atomic E-state index is -4.29. The number of nitrogens with two attached hydrogens (primary N) is 1. The van der Waals surface area contributed by atoms with Crippen molar-refractivity contribution < 1.29 is 21.6 Å². The average Bonchev–Trinajstić information content (AvgIpc) is 2.68. The molecule has 146 valence electrons. The van der Waals surface area contributed by atoms with Gasteiger partial charge in [-0.2, -0.15) is 0 Å². The molecule has 4 rings (SSSR count). The summed E-state index contributed by atoms with van der Waals surface area (Å²) in [7, 11) is -4.29. The Morgan fingerprint density at radius 3 is 2.38 bits per heavy atom. The molecule has 0 radical (unpaired) electrons. The number of fused-ring (bicyclic) bond motifs is 1. The van der Waals surface area contributed by atoms with Crippen LogP contribution in [-0.2, 0) is 9.84 Å². The molecule has 0 spiro atoms. The van der Waals surface area contributed by atoms with Gasteiger partial charge in [0.2, 0.25) is 9.84 Å². The molecule has 2 N–H and O–H groups in total. The van der Waals surface area contributed by atoms with Gasteiger partial charge in [-0.05, 0) is 48.0 Å². The molecule has 29 heavy (non-hydrogen) atoms. The SMILES string of the molecule is Nc1ccc2c(-c3cccc(F)c3)c(S(=O)(=O)c3ccc(F)c(F)c3)cnc2c1. The Balaban J connectivity index is 2.08. The van der Waals surface area contributed by atoms with Gasteiger partial charge in [0.1, 0.15) is 5.82 Å². The lowest BCUT2D eigenvalue weighted by molar-refractivity contribution is 0.504. The Bertz CT molecular complexity index is 1370. The molecule has 0 atom stereocenters. The summed E-state index contributed by atoms with van der Waals surface area (Å²) in [4.78, 5) is 3.46. The van der Waals surface area contributed by atoms with Crippen LogP contribution in [0.15, 0.2) is 76.7 Å². The number of halogens is 3. The molecule has 4 aromatic rings. The summed E-state index contributed by atoms with van der Waals surface area (Å²) < 4.78 is 67.3. The van der Waals surface area contributed by atoms with Crippen molar-refractivity contribution in [2.45, 2.75) is 9.79 Å². The van der Waals surface area contributed by atoms with E-state index in [2.05, 4.69) is 4.98 Å². The third kappa shape index (κ3) is 3.31. The van der Waals surface area contributed by atoms with E-state index in [1.165, 1.54) is 18.2 Å². The minimum Gasteiger partial charge on any atom is -0.399 e. The quantitative estimate of drug-likeness (QED) is 0.388. The van der Waals surface area contributed by atoms with Gasteiger partial charge in [0.05, 0.1) is 15.3 Å². The second-order valence-electron chi connectivity index (χ2n) is 6.36. The largest absolute Gasteiger partial charge is 0.399 e. The first kappa shape index (κ1) is 18.9. The van der Waals surface area contributed by atoms with Crippen LogP contribution in [0.4, 0.5) is 18.9 Å². The Morgan fingerprint density at radius 2 is 1.66 bits per heavy atom. The van der Waals surface area contributed by atoms with Gasteiger partial charge in [0.15, 0.2) is 11.6 Å². The Hall–Kier alpha value is -3.39. The molecule has 4 nitrogen and oxygen atoms in total. The molecule has 8 heteroatoms. The number of rotatable bonds is 3. The van der Waals surface area contributed by atoms with Crippen molar-refractivity contribution in [3.05, 3.63) is 84.3 Å². The van der Waals surface area contributed by atoms with E-state index in [0.717, 1.165) is 18.3 Å². The zero-order valence-corrected chi connectivity index (χ0v) is 15.6. The number of nitrogens with zero attached hydrogens (tertiary/aromatic N) is 1. The monoisotopic (exact) mass is 414 g/mol. The number of pyridine rings is 1. The summed E-state index contributed by atoms with van der Waals surface area (Å²) in [5.74, 6) is -3.01. The first-order valence-electron chi connectivity index (χ1n) is 8.42. The molecule has 1 aromatic heterocycles. The predicted molar refractivity (Wildman–Crippen MR) is 103 cm³/mol. The molecule has 0 fully saturated rings. The number of anilines is 1. The van der Waals surface area contributed by atoms with Crippen molar-refractivity contribution in [1.29, 1.82) is 0 Å². The maximum Gasteiger partial charge on any atom is 0.208 e. The van der Waals surface area contributed by atoms with Crippen molar-refractivity contribution in [3.8, 4) is 11.1 Å². The lowest BCUT2D eigenvalue weighted by Gasteiger charge is -2.14. The van der Waals surface area contributed by atoms with Crippen LogP contribution in [0.5, 0.6) is 0 Å². The maximum atomic E-state index is 13.9. The Morgan fingerprint density at radius 1 is 0.862 bits per heavy atom. The van der Waals surface area contributed by atoms with E-state index in [4.69, 9.17) is 5.73 Å². The van der Waals surface area contributed by atoms with Crippen LogP contribution in [0.2, 0.25) is 0 Å². The maximum absolute atomic E-state index is 13.9. The van der Waals surface area contributed by atoms with E-state index in [9.17, 15) is 21.6 Å². The fourth-order valence-corrected chi connectivity index (χ4v) is 4.56. The molecule has 0 amide bonds. The van der Waals surface area contributed by atoms with Crippen molar-refractivity contribution in [2.75, 3.05) is 5.73 Å². The number of nitrogen functional groups attached to an aromatic ring is 1. The highest BCUT2D eigenvalue weighted by Crippen LogP contribution is 2.37. The van der Waals surface area contributed by atoms with Crippen LogP contribution in [0.25, 0.3) is 22.0 Å². The van der Waals surface area contributed by atoms with Crippen LogP contribution in [0, 0.1) is 17.5 Å². The van der Waals surface area contributed by atoms with Gasteiger partial charge in [-0.3, -0.25) is 4.98 Å². The second-order valence-corrected chi connectivity index (χ2v) is 8.28. The van der Waals surface area contributed by atoms with Gasteiger partial charge >= 0.3 is 0 Å². The van der Waals surface area contributed by atoms with Gasteiger partial charge in [-0.25, -0.2) is 21.6 Å². The molecule has 0 saturated heterocycles. The molecule has 0 bridgehead atoms. The van der Waals surface area contributed by atoms with Crippen LogP contribution < -0.4 is 5.73 Å². The summed E-state index contributed by atoms with van der Waals surface area (Å²) in [6.45, 7) is 0. The second kappa shape index (κ2) is 6.89. The summed E-state index contributed by atoms with van der Waals surface area (Å²) in [6, 6.07) is 12.4. The van der Waals surface area contributed by atoms with Crippen LogP contribution in [-0.4, -0.2) is 13.4 Å².